The Morgan fingerprint density at radius 1 is 1.45 bits per heavy atom. The average Bonchev–Trinajstić information content (AvgIpc) is 2.89. The first-order chi connectivity index (χ1) is 9.61. The highest BCUT2D eigenvalue weighted by atomic mass is 35.5. The van der Waals surface area contributed by atoms with Gasteiger partial charge in [-0.2, -0.15) is 0 Å². The van der Waals surface area contributed by atoms with Crippen molar-refractivity contribution in [2.24, 2.45) is 0 Å². The summed E-state index contributed by atoms with van der Waals surface area (Å²) in [5, 5.41) is 11.7. The highest BCUT2D eigenvalue weighted by Gasteiger charge is 2.34. The number of hydrogen-bond acceptors (Lipinski definition) is 3. The standard InChI is InChI=1S/C15H17ClN2O2/c1-3-8-15(19,12-4-6-13(16)7-5-12)14-17-9-10-18(14)11-20-2/h3-7,9-10,19H,1,8,11H2,2H3/t15-/m0/s1. The summed E-state index contributed by atoms with van der Waals surface area (Å²) in [7, 11) is 1.60. The molecule has 5 heteroatoms. The molecule has 2 aromatic rings. The van der Waals surface area contributed by atoms with Gasteiger partial charge in [0.2, 0.25) is 0 Å². The van der Waals surface area contributed by atoms with E-state index in [1.807, 2.05) is 0 Å². The number of imidazole rings is 1. The summed E-state index contributed by atoms with van der Waals surface area (Å²) in [5.74, 6) is 0.515. The van der Waals surface area contributed by atoms with Gasteiger partial charge in [-0.05, 0) is 17.7 Å². The van der Waals surface area contributed by atoms with Crippen LogP contribution in [0.15, 0.2) is 49.3 Å². The Morgan fingerprint density at radius 2 is 2.15 bits per heavy atom. The zero-order valence-corrected chi connectivity index (χ0v) is 12.0. The van der Waals surface area contributed by atoms with E-state index in [9.17, 15) is 5.11 Å². The largest absolute Gasteiger partial charge is 0.377 e. The highest BCUT2D eigenvalue weighted by molar-refractivity contribution is 6.30. The van der Waals surface area contributed by atoms with Crippen molar-refractivity contribution >= 4 is 11.6 Å². The van der Waals surface area contributed by atoms with Crippen LogP contribution in [0.3, 0.4) is 0 Å². The molecule has 1 aromatic heterocycles. The van der Waals surface area contributed by atoms with Crippen LogP contribution in [0.5, 0.6) is 0 Å². The van der Waals surface area contributed by atoms with E-state index < -0.39 is 5.60 Å². The minimum Gasteiger partial charge on any atom is -0.377 e. The van der Waals surface area contributed by atoms with E-state index in [0.717, 1.165) is 0 Å². The van der Waals surface area contributed by atoms with Gasteiger partial charge >= 0.3 is 0 Å². The quantitative estimate of drug-likeness (QED) is 0.833. The third kappa shape index (κ3) is 2.77. The summed E-state index contributed by atoms with van der Waals surface area (Å²) in [4.78, 5) is 4.28. The zero-order valence-electron chi connectivity index (χ0n) is 11.3. The second kappa shape index (κ2) is 6.22. The van der Waals surface area contributed by atoms with Crippen molar-refractivity contribution in [1.82, 2.24) is 9.55 Å². The average molecular weight is 293 g/mol. The molecule has 0 saturated carbocycles. The summed E-state index contributed by atoms with van der Waals surface area (Å²) >= 11 is 5.90. The maximum Gasteiger partial charge on any atom is 0.151 e. The molecule has 0 unspecified atom stereocenters. The van der Waals surface area contributed by atoms with Gasteiger partial charge in [0.25, 0.3) is 0 Å². The summed E-state index contributed by atoms with van der Waals surface area (Å²) in [6.45, 7) is 4.04. The van der Waals surface area contributed by atoms with Gasteiger partial charge in [0.15, 0.2) is 5.60 Å². The molecule has 4 nitrogen and oxygen atoms in total. The number of aliphatic hydroxyl groups is 1. The van der Waals surface area contributed by atoms with Gasteiger partial charge in [0.1, 0.15) is 12.6 Å². The topological polar surface area (TPSA) is 47.3 Å². The van der Waals surface area contributed by atoms with Crippen LogP contribution in [0, 0.1) is 0 Å². The highest BCUT2D eigenvalue weighted by Crippen LogP contribution is 2.33. The number of benzene rings is 1. The normalized spacial score (nSPS) is 13.9. The van der Waals surface area contributed by atoms with Crippen molar-refractivity contribution in [1.29, 1.82) is 0 Å². The summed E-state index contributed by atoms with van der Waals surface area (Å²) < 4.78 is 6.88. The van der Waals surface area contributed by atoms with Crippen molar-refractivity contribution in [2.45, 2.75) is 18.8 Å². The molecule has 0 aliphatic heterocycles. The molecule has 0 aliphatic carbocycles. The Balaban J connectivity index is 2.50. The molecule has 1 heterocycles. The molecular weight excluding hydrogens is 276 g/mol. The smallest absolute Gasteiger partial charge is 0.151 e. The SMILES string of the molecule is C=CC[C@](O)(c1ccc(Cl)cc1)c1nccn1COC. The monoisotopic (exact) mass is 292 g/mol. The molecule has 2 rings (SSSR count). The molecule has 106 valence electrons. The number of ether oxygens (including phenoxy) is 1. The van der Waals surface area contributed by atoms with Gasteiger partial charge < -0.3 is 14.4 Å². The Bertz CT molecular complexity index is 580. The lowest BCUT2D eigenvalue weighted by Crippen LogP contribution is -2.31. The van der Waals surface area contributed by atoms with Gasteiger partial charge in [-0.1, -0.05) is 29.8 Å². The second-order valence-electron chi connectivity index (χ2n) is 4.50. The van der Waals surface area contributed by atoms with Crippen molar-refractivity contribution in [3.63, 3.8) is 0 Å². The van der Waals surface area contributed by atoms with Gasteiger partial charge in [0.05, 0.1) is 0 Å². The van der Waals surface area contributed by atoms with Gasteiger partial charge in [-0.25, -0.2) is 4.98 Å². The van der Waals surface area contributed by atoms with Crippen LogP contribution in [-0.2, 0) is 17.1 Å². The fourth-order valence-corrected chi connectivity index (χ4v) is 2.32. The summed E-state index contributed by atoms with van der Waals surface area (Å²) in [6.07, 6.45) is 5.41. The molecule has 0 radical (unpaired) electrons. The molecule has 0 saturated heterocycles. The number of methoxy groups -OCH3 is 1. The van der Waals surface area contributed by atoms with E-state index in [4.69, 9.17) is 16.3 Å². The lowest BCUT2D eigenvalue weighted by atomic mass is 9.89. The molecule has 1 aromatic carbocycles. The van der Waals surface area contributed by atoms with E-state index in [2.05, 4.69) is 11.6 Å². The van der Waals surface area contributed by atoms with Crippen LogP contribution in [0.2, 0.25) is 5.02 Å². The number of aromatic nitrogens is 2. The number of rotatable bonds is 6. The molecule has 0 amide bonds. The van der Waals surface area contributed by atoms with E-state index >= 15 is 0 Å². The maximum absolute atomic E-state index is 11.1. The Hall–Kier alpha value is -1.62. The molecule has 20 heavy (non-hydrogen) atoms. The molecule has 0 spiro atoms. The van der Waals surface area contributed by atoms with Crippen LogP contribution < -0.4 is 0 Å². The van der Waals surface area contributed by atoms with Crippen LogP contribution in [0.1, 0.15) is 17.8 Å². The molecule has 0 fully saturated rings. The van der Waals surface area contributed by atoms with E-state index in [-0.39, 0.29) is 0 Å². The van der Waals surface area contributed by atoms with E-state index in [1.54, 1.807) is 54.4 Å². The number of hydrogen-bond donors (Lipinski definition) is 1. The Morgan fingerprint density at radius 3 is 2.75 bits per heavy atom. The predicted octanol–water partition coefficient (Wildman–Crippen LogP) is 2.95. The predicted molar refractivity (Wildman–Crippen MR) is 78.5 cm³/mol. The van der Waals surface area contributed by atoms with Crippen LogP contribution >= 0.6 is 11.6 Å². The first kappa shape index (κ1) is 14.8. The zero-order chi connectivity index (χ0) is 14.6. The van der Waals surface area contributed by atoms with Crippen molar-refractivity contribution in [3.8, 4) is 0 Å². The van der Waals surface area contributed by atoms with Crippen molar-refractivity contribution in [2.75, 3.05) is 7.11 Å². The Kier molecular flexibility index (Phi) is 4.60. The van der Waals surface area contributed by atoms with Crippen molar-refractivity contribution in [3.05, 3.63) is 65.7 Å². The molecular formula is C15H17ClN2O2. The first-order valence-electron chi connectivity index (χ1n) is 6.21. The molecule has 1 N–H and O–H groups in total. The third-order valence-electron chi connectivity index (χ3n) is 3.12. The summed E-state index contributed by atoms with van der Waals surface area (Å²) in [6, 6.07) is 7.07. The fraction of sp³-hybridized carbons (Fsp3) is 0.267. The van der Waals surface area contributed by atoms with E-state index in [1.165, 1.54) is 0 Å². The molecule has 0 bridgehead atoms. The minimum absolute atomic E-state index is 0.322. The summed E-state index contributed by atoms with van der Waals surface area (Å²) in [5.41, 5.74) is -0.542. The van der Waals surface area contributed by atoms with Crippen LogP contribution in [-0.4, -0.2) is 21.8 Å². The van der Waals surface area contributed by atoms with Gasteiger partial charge in [-0.15, -0.1) is 6.58 Å². The Labute approximate surface area is 123 Å². The van der Waals surface area contributed by atoms with Crippen LogP contribution in [0.4, 0.5) is 0 Å². The lowest BCUT2D eigenvalue weighted by Gasteiger charge is -2.27. The number of nitrogens with zero attached hydrogens (tertiary/aromatic N) is 2. The second-order valence-corrected chi connectivity index (χ2v) is 4.93. The minimum atomic E-state index is -1.26. The fourth-order valence-electron chi connectivity index (χ4n) is 2.19. The van der Waals surface area contributed by atoms with Gasteiger partial charge in [-0.3, -0.25) is 0 Å². The lowest BCUT2D eigenvalue weighted by molar-refractivity contribution is 0.0556. The van der Waals surface area contributed by atoms with Gasteiger partial charge in [0, 0.05) is 30.9 Å². The molecule has 1 atom stereocenters. The maximum atomic E-state index is 11.1. The van der Waals surface area contributed by atoms with Crippen molar-refractivity contribution < 1.29 is 9.84 Å². The first-order valence-corrected chi connectivity index (χ1v) is 6.59. The van der Waals surface area contributed by atoms with E-state index in [0.29, 0.717) is 29.6 Å². The molecule has 0 aliphatic rings. The number of halogens is 1. The third-order valence-corrected chi connectivity index (χ3v) is 3.37. The van der Waals surface area contributed by atoms with Crippen LogP contribution in [0.25, 0.3) is 0 Å².